The highest BCUT2D eigenvalue weighted by Crippen LogP contribution is 2.24. The fourth-order valence-electron chi connectivity index (χ4n) is 2.02. The van der Waals surface area contributed by atoms with Gasteiger partial charge in [-0.1, -0.05) is 0 Å². The van der Waals surface area contributed by atoms with E-state index in [0.29, 0.717) is 19.4 Å². The van der Waals surface area contributed by atoms with E-state index in [4.69, 9.17) is 0 Å². The molecule has 1 aromatic rings. The van der Waals surface area contributed by atoms with E-state index in [2.05, 4.69) is 10.4 Å². The number of aryl methyl sites for hydroxylation is 2. The van der Waals surface area contributed by atoms with Gasteiger partial charge in [0.05, 0.1) is 5.69 Å². The van der Waals surface area contributed by atoms with Gasteiger partial charge in [0.1, 0.15) is 5.67 Å². The Hall–Kier alpha value is -0.900. The Morgan fingerprint density at radius 2 is 2.50 bits per heavy atom. The van der Waals surface area contributed by atoms with Crippen LogP contribution in [0.2, 0.25) is 0 Å². The molecule has 1 aromatic heterocycles. The lowest BCUT2D eigenvalue weighted by atomic mass is 9.99. The summed E-state index contributed by atoms with van der Waals surface area (Å²) in [6.07, 6.45) is 1.08. The summed E-state index contributed by atoms with van der Waals surface area (Å²) in [4.78, 5) is 0. The topological polar surface area (TPSA) is 29.9 Å². The minimum atomic E-state index is -1.07. The van der Waals surface area contributed by atoms with Crippen LogP contribution >= 0.6 is 0 Å². The lowest BCUT2D eigenvalue weighted by Gasteiger charge is -2.17. The number of hydrogen-bond acceptors (Lipinski definition) is 2. The number of rotatable bonds is 2. The van der Waals surface area contributed by atoms with Gasteiger partial charge in [-0.05, 0) is 26.0 Å². The molecule has 0 spiro atoms. The minimum absolute atomic E-state index is 0.469. The number of nitrogens with zero attached hydrogens (tertiary/aromatic N) is 2. The van der Waals surface area contributed by atoms with E-state index >= 15 is 0 Å². The van der Waals surface area contributed by atoms with Gasteiger partial charge in [-0.3, -0.25) is 4.68 Å². The van der Waals surface area contributed by atoms with Crippen molar-refractivity contribution < 1.29 is 4.39 Å². The maximum atomic E-state index is 14.1. The van der Waals surface area contributed by atoms with Gasteiger partial charge < -0.3 is 5.32 Å². The van der Waals surface area contributed by atoms with Gasteiger partial charge in [0.15, 0.2) is 0 Å². The molecule has 0 amide bonds. The number of hydrogen-bond donors (Lipinski definition) is 1. The summed E-state index contributed by atoms with van der Waals surface area (Å²) in [5.74, 6) is 0. The summed E-state index contributed by atoms with van der Waals surface area (Å²) in [5, 5.41) is 7.27. The predicted molar refractivity (Wildman–Crippen MR) is 53.0 cm³/mol. The Bertz CT molecular complexity index is 326. The van der Waals surface area contributed by atoms with Crippen molar-refractivity contribution in [2.45, 2.75) is 25.4 Å². The second-order valence-corrected chi connectivity index (χ2v) is 4.16. The van der Waals surface area contributed by atoms with Crippen LogP contribution in [0, 0.1) is 6.92 Å². The van der Waals surface area contributed by atoms with Gasteiger partial charge in [-0.15, -0.1) is 0 Å². The van der Waals surface area contributed by atoms with Crippen molar-refractivity contribution in [3.05, 3.63) is 17.5 Å². The monoisotopic (exact) mass is 197 g/mol. The van der Waals surface area contributed by atoms with E-state index in [1.807, 2.05) is 20.0 Å². The zero-order valence-electron chi connectivity index (χ0n) is 8.68. The first kappa shape index (κ1) is 9.65. The number of aromatic nitrogens is 2. The lowest BCUT2D eigenvalue weighted by Crippen LogP contribution is -2.29. The van der Waals surface area contributed by atoms with Gasteiger partial charge in [-0.2, -0.15) is 5.10 Å². The van der Waals surface area contributed by atoms with Crippen molar-refractivity contribution in [3.63, 3.8) is 0 Å². The normalized spacial score (nSPS) is 27.1. The molecule has 1 aliphatic rings. The zero-order valence-corrected chi connectivity index (χ0v) is 8.68. The number of nitrogens with one attached hydrogen (secondary N) is 1. The first-order valence-corrected chi connectivity index (χ1v) is 4.98. The van der Waals surface area contributed by atoms with Crippen molar-refractivity contribution >= 4 is 0 Å². The molecule has 1 unspecified atom stereocenters. The van der Waals surface area contributed by atoms with Crippen LogP contribution in [0.5, 0.6) is 0 Å². The molecule has 14 heavy (non-hydrogen) atoms. The van der Waals surface area contributed by atoms with Crippen molar-refractivity contribution in [1.82, 2.24) is 15.1 Å². The average Bonchev–Trinajstić information content (AvgIpc) is 2.61. The lowest BCUT2D eigenvalue weighted by molar-refractivity contribution is 0.187. The third-order valence-corrected chi connectivity index (χ3v) is 2.79. The second-order valence-electron chi connectivity index (χ2n) is 4.16. The van der Waals surface area contributed by atoms with Crippen molar-refractivity contribution in [1.29, 1.82) is 0 Å². The molecule has 2 heterocycles. The summed E-state index contributed by atoms with van der Waals surface area (Å²) in [7, 11) is 1.87. The van der Waals surface area contributed by atoms with E-state index in [9.17, 15) is 4.39 Å². The van der Waals surface area contributed by atoms with Crippen LogP contribution in [0.4, 0.5) is 4.39 Å². The molecule has 0 aliphatic carbocycles. The Labute approximate surface area is 83.3 Å². The highest BCUT2D eigenvalue weighted by atomic mass is 19.1. The first-order valence-electron chi connectivity index (χ1n) is 4.98. The van der Waals surface area contributed by atoms with Crippen LogP contribution in [-0.2, 0) is 13.5 Å². The molecule has 1 saturated heterocycles. The molecule has 0 aromatic carbocycles. The fourth-order valence-corrected chi connectivity index (χ4v) is 2.02. The molecule has 3 nitrogen and oxygen atoms in total. The third kappa shape index (κ3) is 1.80. The summed E-state index contributed by atoms with van der Waals surface area (Å²) in [6.45, 7) is 3.19. The maximum absolute atomic E-state index is 14.1. The molecular weight excluding hydrogens is 181 g/mol. The molecule has 0 bridgehead atoms. The SMILES string of the molecule is Cc1cc(CC2(F)CCNC2)n(C)n1. The molecule has 0 saturated carbocycles. The summed E-state index contributed by atoms with van der Waals surface area (Å²) in [6, 6.07) is 1.96. The molecule has 1 atom stereocenters. The Morgan fingerprint density at radius 3 is 3.00 bits per heavy atom. The number of alkyl halides is 1. The van der Waals surface area contributed by atoms with E-state index in [1.54, 1.807) is 4.68 Å². The van der Waals surface area contributed by atoms with Gasteiger partial charge in [-0.25, -0.2) is 4.39 Å². The molecular formula is C10H16FN3. The van der Waals surface area contributed by atoms with E-state index in [1.165, 1.54) is 0 Å². The molecule has 1 aliphatic heterocycles. The predicted octanol–water partition coefficient (Wildman–Crippen LogP) is 0.973. The zero-order chi connectivity index (χ0) is 10.2. The van der Waals surface area contributed by atoms with Crippen molar-refractivity contribution in [2.75, 3.05) is 13.1 Å². The summed E-state index contributed by atoms with van der Waals surface area (Å²) < 4.78 is 15.9. The average molecular weight is 197 g/mol. The van der Waals surface area contributed by atoms with Gasteiger partial charge in [0, 0.05) is 25.7 Å². The van der Waals surface area contributed by atoms with Crippen LogP contribution in [-0.4, -0.2) is 28.5 Å². The molecule has 1 fully saturated rings. The van der Waals surface area contributed by atoms with Crippen LogP contribution in [0.15, 0.2) is 6.07 Å². The smallest absolute Gasteiger partial charge is 0.130 e. The van der Waals surface area contributed by atoms with E-state index < -0.39 is 5.67 Å². The number of halogens is 1. The highest BCUT2D eigenvalue weighted by Gasteiger charge is 2.34. The molecule has 1 N–H and O–H groups in total. The molecule has 4 heteroatoms. The van der Waals surface area contributed by atoms with Crippen molar-refractivity contribution in [3.8, 4) is 0 Å². The van der Waals surface area contributed by atoms with Crippen molar-refractivity contribution in [2.24, 2.45) is 7.05 Å². The second kappa shape index (κ2) is 3.35. The van der Waals surface area contributed by atoms with E-state index in [-0.39, 0.29) is 0 Å². The summed E-state index contributed by atoms with van der Waals surface area (Å²) >= 11 is 0. The van der Waals surface area contributed by atoms with Gasteiger partial charge >= 0.3 is 0 Å². The van der Waals surface area contributed by atoms with Crippen LogP contribution in [0.3, 0.4) is 0 Å². The fraction of sp³-hybridized carbons (Fsp3) is 0.700. The van der Waals surface area contributed by atoms with E-state index in [0.717, 1.165) is 17.9 Å². The standard InChI is InChI=1S/C10H16FN3/c1-8-5-9(14(2)13-8)6-10(11)3-4-12-7-10/h5,12H,3-4,6-7H2,1-2H3. The summed E-state index contributed by atoms with van der Waals surface area (Å²) in [5.41, 5.74) is 0.867. The Morgan fingerprint density at radius 1 is 1.71 bits per heavy atom. The van der Waals surface area contributed by atoms with Gasteiger partial charge in [0.25, 0.3) is 0 Å². The van der Waals surface area contributed by atoms with Crippen LogP contribution in [0.25, 0.3) is 0 Å². The van der Waals surface area contributed by atoms with Gasteiger partial charge in [0.2, 0.25) is 0 Å². The minimum Gasteiger partial charge on any atom is -0.313 e. The largest absolute Gasteiger partial charge is 0.313 e. The first-order chi connectivity index (χ1) is 6.59. The van der Waals surface area contributed by atoms with Crippen LogP contribution < -0.4 is 5.32 Å². The molecule has 78 valence electrons. The Balaban J connectivity index is 2.13. The Kier molecular flexibility index (Phi) is 2.31. The molecule has 0 radical (unpaired) electrons. The quantitative estimate of drug-likeness (QED) is 0.765. The maximum Gasteiger partial charge on any atom is 0.130 e. The van der Waals surface area contributed by atoms with Crippen LogP contribution in [0.1, 0.15) is 17.8 Å². The molecule has 2 rings (SSSR count). The third-order valence-electron chi connectivity index (χ3n) is 2.79. The highest BCUT2D eigenvalue weighted by molar-refractivity contribution is 5.12.